The Labute approximate surface area is 139 Å². The van der Waals surface area contributed by atoms with Crippen LogP contribution < -0.4 is 5.73 Å². The molecule has 0 aliphatic heterocycles. The Morgan fingerprint density at radius 3 is 2.67 bits per heavy atom. The molecule has 0 aliphatic rings. The van der Waals surface area contributed by atoms with E-state index >= 15 is 0 Å². The van der Waals surface area contributed by atoms with Crippen molar-refractivity contribution in [2.45, 2.75) is 6.42 Å². The van der Waals surface area contributed by atoms with E-state index in [-0.39, 0.29) is 0 Å². The number of nitrogen functional groups attached to an aromatic ring is 1. The molecular formula is C19H17N5. The van der Waals surface area contributed by atoms with Gasteiger partial charge in [0.25, 0.3) is 0 Å². The summed E-state index contributed by atoms with van der Waals surface area (Å²) in [6, 6.07) is 18.2. The van der Waals surface area contributed by atoms with Gasteiger partial charge in [-0.3, -0.25) is 0 Å². The molecule has 0 bridgehead atoms. The zero-order chi connectivity index (χ0) is 16.4. The third-order valence-electron chi connectivity index (χ3n) is 3.91. The summed E-state index contributed by atoms with van der Waals surface area (Å²) < 4.78 is 3.53. The summed E-state index contributed by atoms with van der Waals surface area (Å²) in [5, 5.41) is 9.84. The van der Waals surface area contributed by atoms with Crippen molar-refractivity contribution in [1.82, 2.24) is 14.5 Å². The largest absolute Gasteiger partial charge is 0.399 e. The minimum Gasteiger partial charge on any atom is -0.399 e. The number of hydrogen-bond acceptors (Lipinski definition) is 3. The van der Waals surface area contributed by atoms with Crippen LogP contribution >= 0.6 is 0 Å². The van der Waals surface area contributed by atoms with Crippen LogP contribution in [0.25, 0.3) is 10.9 Å². The Balaban J connectivity index is 1.65. The maximum absolute atomic E-state index is 5.86. The highest BCUT2D eigenvalue weighted by Gasteiger charge is 2.04. The van der Waals surface area contributed by atoms with E-state index in [1.165, 1.54) is 11.1 Å². The van der Waals surface area contributed by atoms with Crippen molar-refractivity contribution in [2.75, 3.05) is 5.73 Å². The van der Waals surface area contributed by atoms with E-state index in [2.05, 4.69) is 34.5 Å². The van der Waals surface area contributed by atoms with Crippen molar-refractivity contribution in [3.63, 3.8) is 0 Å². The molecule has 118 valence electrons. The zero-order valence-electron chi connectivity index (χ0n) is 13.1. The molecule has 0 aliphatic carbocycles. The van der Waals surface area contributed by atoms with Gasteiger partial charge in [0.1, 0.15) is 6.34 Å². The average Bonchev–Trinajstić information content (AvgIpc) is 3.22. The second kappa shape index (κ2) is 6.04. The Morgan fingerprint density at radius 2 is 1.83 bits per heavy atom. The molecule has 0 radical (unpaired) electrons. The summed E-state index contributed by atoms with van der Waals surface area (Å²) in [7, 11) is 0. The van der Waals surface area contributed by atoms with E-state index < -0.39 is 0 Å². The molecule has 2 aromatic carbocycles. The maximum Gasteiger partial charge on any atom is 0.138 e. The monoisotopic (exact) mass is 315 g/mol. The summed E-state index contributed by atoms with van der Waals surface area (Å²) in [6.45, 7) is 0. The normalized spacial score (nSPS) is 11.5. The lowest BCUT2D eigenvalue weighted by Crippen LogP contribution is -2.00. The number of nitrogens with zero attached hydrogens (tertiary/aromatic N) is 4. The van der Waals surface area contributed by atoms with Crippen LogP contribution in [0.4, 0.5) is 5.69 Å². The molecule has 0 atom stereocenters. The van der Waals surface area contributed by atoms with E-state index in [0.29, 0.717) is 0 Å². The van der Waals surface area contributed by atoms with Crippen LogP contribution in [0.1, 0.15) is 11.1 Å². The van der Waals surface area contributed by atoms with Crippen molar-refractivity contribution < 1.29 is 0 Å². The van der Waals surface area contributed by atoms with Gasteiger partial charge in [-0.05, 0) is 47.9 Å². The van der Waals surface area contributed by atoms with E-state index in [4.69, 9.17) is 5.73 Å². The predicted octanol–water partition coefficient (Wildman–Crippen LogP) is 3.35. The minimum absolute atomic E-state index is 0.789. The third kappa shape index (κ3) is 2.92. The van der Waals surface area contributed by atoms with Crippen molar-refractivity contribution >= 4 is 22.9 Å². The summed E-state index contributed by atoms with van der Waals surface area (Å²) in [5.74, 6) is 0. The molecule has 0 saturated carbocycles. The Morgan fingerprint density at radius 1 is 1.00 bits per heavy atom. The lowest BCUT2D eigenvalue weighted by Gasteiger charge is -2.04. The van der Waals surface area contributed by atoms with Gasteiger partial charge in [-0.2, -0.15) is 10.2 Å². The van der Waals surface area contributed by atoms with Crippen LogP contribution in [0.15, 0.2) is 78.3 Å². The first-order chi connectivity index (χ1) is 11.8. The second-order valence-corrected chi connectivity index (χ2v) is 5.70. The highest BCUT2D eigenvalue weighted by Crippen LogP contribution is 2.18. The van der Waals surface area contributed by atoms with Gasteiger partial charge in [0.05, 0.1) is 11.7 Å². The highest BCUT2D eigenvalue weighted by atomic mass is 15.4. The highest BCUT2D eigenvalue weighted by molar-refractivity contribution is 5.85. The molecule has 0 fully saturated rings. The first-order valence-corrected chi connectivity index (χ1v) is 7.76. The van der Waals surface area contributed by atoms with Gasteiger partial charge >= 0.3 is 0 Å². The molecule has 24 heavy (non-hydrogen) atoms. The first-order valence-electron chi connectivity index (χ1n) is 7.76. The number of benzene rings is 2. The van der Waals surface area contributed by atoms with Crippen molar-refractivity contribution in [1.29, 1.82) is 0 Å². The molecule has 2 heterocycles. The maximum atomic E-state index is 5.86. The summed E-state index contributed by atoms with van der Waals surface area (Å²) in [4.78, 5) is 0. The summed E-state index contributed by atoms with van der Waals surface area (Å²) >= 11 is 0. The fourth-order valence-electron chi connectivity index (χ4n) is 2.74. The summed E-state index contributed by atoms with van der Waals surface area (Å²) in [5.41, 5.74) is 10.1. The van der Waals surface area contributed by atoms with Crippen LogP contribution in [0.3, 0.4) is 0 Å². The third-order valence-corrected chi connectivity index (χ3v) is 3.91. The SMILES string of the molecule is Nc1cccc(Cc2ccc3cnn(C=Nn4cccc4)c3c2)c1. The number of fused-ring (bicyclic) bond motifs is 1. The summed E-state index contributed by atoms with van der Waals surface area (Å²) in [6.07, 6.45) is 8.16. The van der Waals surface area contributed by atoms with Gasteiger partial charge in [0.2, 0.25) is 0 Å². The van der Waals surface area contributed by atoms with E-state index in [0.717, 1.165) is 23.0 Å². The Kier molecular flexibility index (Phi) is 3.59. The standard InChI is InChI=1S/C19H17N5/c20-18-5-3-4-15(11-18)10-16-6-7-17-13-21-24(19(17)12-16)14-22-23-8-1-2-9-23/h1-9,11-14H,10,20H2. The molecule has 5 heteroatoms. The van der Waals surface area contributed by atoms with Crippen LogP contribution in [-0.4, -0.2) is 20.8 Å². The molecule has 2 aromatic heterocycles. The number of hydrogen-bond donors (Lipinski definition) is 1. The molecule has 0 unspecified atom stereocenters. The minimum atomic E-state index is 0.789. The second-order valence-electron chi connectivity index (χ2n) is 5.70. The zero-order valence-corrected chi connectivity index (χ0v) is 13.1. The lowest BCUT2D eigenvalue weighted by molar-refractivity contribution is 0.866. The van der Waals surface area contributed by atoms with Gasteiger partial charge in [-0.15, -0.1) is 0 Å². The molecule has 2 N–H and O–H groups in total. The predicted molar refractivity (Wildman–Crippen MR) is 97.1 cm³/mol. The average molecular weight is 315 g/mol. The van der Waals surface area contributed by atoms with E-state index in [1.807, 2.05) is 48.9 Å². The Hall–Kier alpha value is -3.34. The van der Waals surface area contributed by atoms with Crippen molar-refractivity contribution in [3.8, 4) is 0 Å². The van der Waals surface area contributed by atoms with Crippen LogP contribution in [0.2, 0.25) is 0 Å². The van der Waals surface area contributed by atoms with E-state index in [9.17, 15) is 0 Å². The van der Waals surface area contributed by atoms with Crippen LogP contribution in [0.5, 0.6) is 0 Å². The lowest BCUT2D eigenvalue weighted by atomic mass is 10.0. The molecule has 0 amide bonds. The van der Waals surface area contributed by atoms with Gasteiger partial charge in [-0.25, -0.2) is 9.36 Å². The number of nitrogens with two attached hydrogens (primary N) is 1. The quantitative estimate of drug-likeness (QED) is 0.357. The number of aromatic nitrogens is 3. The molecule has 4 aromatic rings. The van der Waals surface area contributed by atoms with Gasteiger partial charge < -0.3 is 5.73 Å². The molecule has 0 spiro atoms. The van der Waals surface area contributed by atoms with Crippen molar-refractivity contribution in [2.24, 2.45) is 5.10 Å². The smallest absolute Gasteiger partial charge is 0.138 e. The fourth-order valence-corrected chi connectivity index (χ4v) is 2.74. The van der Waals surface area contributed by atoms with E-state index in [1.54, 1.807) is 15.7 Å². The number of rotatable bonds is 4. The number of anilines is 1. The van der Waals surface area contributed by atoms with Crippen LogP contribution in [0, 0.1) is 0 Å². The first kappa shape index (κ1) is 14.3. The van der Waals surface area contributed by atoms with Crippen molar-refractivity contribution in [3.05, 3.63) is 84.3 Å². The van der Waals surface area contributed by atoms with Gasteiger partial charge in [-0.1, -0.05) is 24.3 Å². The topological polar surface area (TPSA) is 61.1 Å². The fraction of sp³-hybridized carbons (Fsp3) is 0.0526. The van der Waals surface area contributed by atoms with Crippen LogP contribution in [-0.2, 0) is 6.42 Å². The molecular weight excluding hydrogens is 298 g/mol. The molecule has 0 saturated heterocycles. The molecule has 4 rings (SSSR count). The van der Waals surface area contributed by atoms with Gasteiger partial charge in [0, 0.05) is 23.5 Å². The Bertz CT molecular complexity index is 996. The molecule has 5 nitrogen and oxygen atoms in total. The van der Waals surface area contributed by atoms with Gasteiger partial charge in [0.15, 0.2) is 0 Å².